The molecule has 0 aliphatic carbocycles. The van der Waals surface area contributed by atoms with Crippen LogP contribution in [0.5, 0.6) is 0 Å². The number of hydrogen-bond acceptors (Lipinski definition) is 8. The van der Waals surface area contributed by atoms with Crippen LogP contribution in [0.15, 0.2) is 30.6 Å². The monoisotopic (exact) mass is 535 g/mol. The van der Waals surface area contributed by atoms with E-state index in [2.05, 4.69) is 74.7 Å². The Hall–Kier alpha value is -3.60. The molecule has 5 rings (SSSR count). The third kappa shape index (κ3) is 5.59. The van der Waals surface area contributed by atoms with Gasteiger partial charge in [-0.25, -0.2) is 9.78 Å². The number of aromatic nitrogens is 4. The number of hydrogen-bond donors (Lipinski definition) is 2. The number of likely N-dealkylation sites (N-methyl/N-ethyl adjacent to an activating group) is 1. The van der Waals surface area contributed by atoms with Crippen LogP contribution in [-0.2, 0) is 0 Å². The van der Waals surface area contributed by atoms with Crippen molar-refractivity contribution in [2.45, 2.75) is 58.7 Å². The highest BCUT2D eigenvalue weighted by atomic mass is 16.4. The van der Waals surface area contributed by atoms with Crippen LogP contribution in [0.25, 0.3) is 11.2 Å². The maximum Gasteiger partial charge on any atom is 0.408 e. The molecule has 0 bridgehead atoms. The van der Waals surface area contributed by atoms with E-state index in [1.165, 1.54) is 5.69 Å². The van der Waals surface area contributed by atoms with Crippen molar-refractivity contribution in [3.05, 3.63) is 30.6 Å². The topological polar surface area (TPSA) is 106 Å². The molecular formula is C28H41N9O2. The number of imidazole rings is 1. The number of fused-ring (bicyclic) bond motifs is 1. The second-order valence-electron chi connectivity index (χ2n) is 12.0. The maximum atomic E-state index is 12.1. The number of amides is 1. The Morgan fingerprint density at radius 3 is 2.36 bits per heavy atom. The number of piperazine rings is 1. The molecule has 2 N–H and O–H groups in total. The van der Waals surface area contributed by atoms with Crippen LogP contribution in [0.3, 0.4) is 0 Å². The van der Waals surface area contributed by atoms with Gasteiger partial charge in [-0.05, 0) is 72.4 Å². The molecule has 0 unspecified atom stereocenters. The lowest BCUT2D eigenvalue weighted by molar-refractivity contribution is 0.0762. The summed E-state index contributed by atoms with van der Waals surface area (Å²) in [5.41, 5.74) is 3.14. The largest absolute Gasteiger partial charge is 0.465 e. The lowest BCUT2D eigenvalue weighted by atomic mass is 10.0. The Bertz CT molecular complexity index is 1310. The highest BCUT2D eigenvalue weighted by Crippen LogP contribution is 2.31. The summed E-state index contributed by atoms with van der Waals surface area (Å²) in [7, 11) is 2.16. The van der Waals surface area contributed by atoms with Gasteiger partial charge in [-0.3, -0.25) is 4.90 Å². The van der Waals surface area contributed by atoms with Crippen molar-refractivity contribution in [1.82, 2.24) is 29.3 Å². The lowest BCUT2D eigenvalue weighted by Crippen LogP contribution is -2.52. The van der Waals surface area contributed by atoms with Gasteiger partial charge in [0.05, 0.1) is 12.4 Å². The van der Waals surface area contributed by atoms with Gasteiger partial charge in [0.2, 0.25) is 5.95 Å². The Kier molecular flexibility index (Phi) is 7.28. The summed E-state index contributed by atoms with van der Waals surface area (Å²) in [4.78, 5) is 35.0. The average Bonchev–Trinajstić information content (AvgIpc) is 3.52. The Morgan fingerprint density at radius 1 is 1.05 bits per heavy atom. The Balaban J connectivity index is 1.42. The minimum atomic E-state index is -0.897. The summed E-state index contributed by atoms with van der Waals surface area (Å²) in [6.45, 7) is 15.4. The van der Waals surface area contributed by atoms with Crippen LogP contribution in [0, 0.1) is 0 Å². The molecule has 2 aromatic heterocycles. The van der Waals surface area contributed by atoms with Crippen molar-refractivity contribution < 1.29 is 9.90 Å². The molecule has 39 heavy (non-hydrogen) atoms. The molecule has 4 heterocycles. The van der Waals surface area contributed by atoms with Gasteiger partial charge < -0.3 is 29.7 Å². The van der Waals surface area contributed by atoms with E-state index in [4.69, 9.17) is 9.97 Å². The number of nitrogens with one attached hydrogen (secondary N) is 1. The van der Waals surface area contributed by atoms with E-state index in [-0.39, 0.29) is 12.1 Å². The number of nitrogens with zero attached hydrogens (tertiary/aromatic N) is 8. The molecule has 0 spiro atoms. The summed E-state index contributed by atoms with van der Waals surface area (Å²) in [5, 5.41) is 13.4. The van der Waals surface area contributed by atoms with Crippen molar-refractivity contribution in [3.8, 4) is 0 Å². The van der Waals surface area contributed by atoms with E-state index in [0.717, 1.165) is 43.9 Å². The summed E-state index contributed by atoms with van der Waals surface area (Å²) in [5.74, 6) is 1.24. The highest BCUT2D eigenvalue weighted by molar-refractivity contribution is 5.87. The summed E-state index contributed by atoms with van der Waals surface area (Å²) in [6, 6.07) is 8.52. The molecular weight excluding hydrogens is 494 g/mol. The third-order valence-corrected chi connectivity index (χ3v) is 7.70. The van der Waals surface area contributed by atoms with E-state index in [1.807, 2.05) is 27.1 Å². The SMILES string of the molecule is CC(C)n1cnc2c(Nc3ccc(N4CCN(C)CC4)cc3)nc(N3CC[C@H](N(C(=O)O)C(C)(C)C)C3)nc21. The Labute approximate surface area is 230 Å². The summed E-state index contributed by atoms with van der Waals surface area (Å²) >= 11 is 0. The van der Waals surface area contributed by atoms with Gasteiger partial charge in [-0.15, -0.1) is 0 Å². The standard InChI is InChI=1S/C28H41N9O2/c1-19(2)36-18-29-23-24(30-20-7-9-21(10-8-20)34-15-13-33(6)14-16-34)31-26(32-25(23)36)35-12-11-22(17-35)37(27(38)39)28(3,4)5/h7-10,18-19,22H,11-17H2,1-6H3,(H,38,39)(H,30,31,32)/t22-/m0/s1. The highest BCUT2D eigenvalue weighted by Gasteiger charge is 2.38. The fraction of sp³-hybridized carbons (Fsp3) is 0.571. The van der Waals surface area contributed by atoms with Gasteiger partial charge in [0.25, 0.3) is 0 Å². The van der Waals surface area contributed by atoms with Crippen molar-refractivity contribution >= 4 is 40.4 Å². The van der Waals surface area contributed by atoms with E-state index in [9.17, 15) is 9.90 Å². The molecule has 1 atom stereocenters. The van der Waals surface area contributed by atoms with Crippen LogP contribution in [0.1, 0.15) is 47.1 Å². The lowest BCUT2D eigenvalue weighted by Gasteiger charge is -2.37. The van der Waals surface area contributed by atoms with E-state index in [1.54, 1.807) is 4.90 Å². The first-order chi connectivity index (χ1) is 18.5. The average molecular weight is 536 g/mol. The quantitative estimate of drug-likeness (QED) is 0.479. The third-order valence-electron chi connectivity index (χ3n) is 7.70. The minimum absolute atomic E-state index is 0.129. The molecule has 1 amide bonds. The first-order valence-corrected chi connectivity index (χ1v) is 13.8. The van der Waals surface area contributed by atoms with Crippen LogP contribution in [0.4, 0.5) is 27.9 Å². The van der Waals surface area contributed by atoms with Crippen molar-refractivity contribution in [2.24, 2.45) is 0 Å². The minimum Gasteiger partial charge on any atom is -0.465 e. The van der Waals surface area contributed by atoms with Gasteiger partial charge in [-0.2, -0.15) is 9.97 Å². The van der Waals surface area contributed by atoms with Gasteiger partial charge in [0.15, 0.2) is 17.0 Å². The number of carbonyl (C=O) groups is 1. The first-order valence-electron chi connectivity index (χ1n) is 13.8. The van der Waals surface area contributed by atoms with Gasteiger partial charge in [0.1, 0.15) is 0 Å². The molecule has 2 aliphatic rings. The fourth-order valence-electron chi connectivity index (χ4n) is 5.59. The number of anilines is 4. The molecule has 2 saturated heterocycles. The Morgan fingerprint density at radius 2 is 1.74 bits per heavy atom. The van der Waals surface area contributed by atoms with Gasteiger partial charge in [-0.1, -0.05) is 0 Å². The maximum absolute atomic E-state index is 12.1. The first kappa shape index (κ1) is 27.0. The molecule has 11 heteroatoms. The van der Waals surface area contributed by atoms with Crippen molar-refractivity contribution in [2.75, 3.05) is 61.4 Å². The molecule has 3 aromatic rings. The molecule has 2 fully saturated rings. The van der Waals surface area contributed by atoms with E-state index >= 15 is 0 Å². The van der Waals surface area contributed by atoms with Crippen molar-refractivity contribution in [3.63, 3.8) is 0 Å². The smallest absolute Gasteiger partial charge is 0.408 e. The molecule has 1 aromatic carbocycles. The summed E-state index contributed by atoms with van der Waals surface area (Å²) in [6.07, 6.45) is 1.64. The zero-order chi connectivity index (χ0) is 27.9. The number of benzene rings is 1. The number of carboxylic acid groups (broad SMARTS) is 1. The van der Waals surface area contributed by atoms with Gasteiger partial charge in [0, 0.05) is 62.2 Å². The normalized spacial score (nSPS) is 18.8. The molecule has 2 aliphatic heterocycles. The molecule has 210 valence electrons. The zero-order valence-electron chi connectivity index (χ0n) is 23.9. The molecule has 11 nitrogen and oxygen atoms in total. The summed E-state index contributed by atoms with van der Waals surface area (Å²) < 4.78 is 2.05. The van der Waals surface area contributed by atoms with E-state index in [0.29, 0.717) is 30.4 Å². The van der Waals surface area contributed by atoms with E-state index < -0.39 is 11.6 Å². The van der Waals surface area contributed by atoms with Crippen LogP contribution in [0.2, 0.25) is 0 Å². The number of rotatable bonds is 6. The molecule has 0 saturated carbocycles. The second kappa shape index (κ2) is 10.5. The van der Waals surface area contributed by atoms with Gasteiger partial charge >= 0.3 is 6.09 Å². The van der Waals surface area contributed by atoms with Crippen LogP contribution in [-0.4, -0.2) is 98.4 Å². The van der Waals surface area contributed by atoms with Crippen LogP contribution < -0.4 is 15.1 Å². The van der Waals surface area contributed by atoms with Crippen molar-refractivity contribution in [1.29, 1.82) is 0 Å². The predicted octanol–water partition coefficient (Wildman–Crippen LogP) is 4.26. The predicted molar refractivity (Wildman–Crippen MR) is 155 cm³/mol. The zero-order valence-corrected chi connectivity index (χ0v) is 23.9. The second-order valence-corrected chi connectivity index (χ2v) is 12.0. The fourth-order valence-corrected chi connectivity index (χ4v) is 5.59. The molecule has 0 radical (unpaired) electrons. The van der Waals surface area contributed by atoms with Crippen LogP contribution >= 0.6 is 0 Å².